The third-order valence-corrected chi connectivity index (χ3v) is 16.4. The van der Waals surface area contributed by atoms with Crippen LogP contribution in [0.3, 0.4) is 0 Å². The van der Waals surface area contributed by atoms with Gasteiger partial charge in [-0.25, -0.2) is 0 Å². The van der Waals surface area contributed by atoms with Gasteiger partial charge in [-0.1, -0.05) is 0 Å². The van der Waals surface area contributed by atoms with Crippen LogP contribution in [0.15, 0.2) is 12.2 Å². The summed E-state index contributed by atoms with van der Waals surface area (Å²) in [5.74, 6) is -2.36. The summed E-state index contributed by atoms with van der Waals surface area (Å²) in [6.45, 7) is 40.9. The van der Waals surface area contributed by atoms with Gasteiger partial charge in [-0.15, -0.1) is 0 Å². The average Bonchev–Trinajstić information content (AvgIpc) is 1.82. The summed E-state index contributed by atoms with van der Waals surface area (Å²) in [6, 6.07) is 0. The lowest BCUT2D eigenvalue weighted by Gasteiger charge is -2.34. The minimum Gasteiger partial charge on any atom is -0.459 e. The van der Waals surface area contributed by atoms with E-state index in [1.165, 1.54) is 12.2 Å². The smallest absolute Gasteiger partial charge is 0.320 e. The summed E-state index contributed by atoms with van der Waals surface area (Å²) < 4.78 is 144. The Labute approximate surface area is 730 Å². The van der Waals surface area contributed by atoms with E-state index in [2.05, 4.69) is 10.6 Å². The number of ether oxygens (including phenoxy) is 26. The quantitative estimate of drug-likeness (QED) is 0.0354. The summed E-state index contributed by atoms with van der Waals surface area (Å²) >= 11 is 0. The van der Waals surface area contributed by atoms with Crippen molar-refractivity contribution in [3.05, 3.63) is 12.2 Å². The zero-order valence-electron chi connectivity index (χ0n) is 75.7. The highest BCUT2D eigenvalue weighted by atomic mass is 16.6. The number of amides is 4. The predicted octanol–water partition coefficient (Wildman–Crippen LogP) is 0.162. The molecule has 1 fully saturated rings. The maximum absolute atomic E-state index is 13.3. The fourth-order valence-corrected chi connectivity index (χ4v) is 10.6. The first-order valence-corrected chi connectivity index (χ1v) is 43.4. The van der Waals surface area contributed by atoms with Gasteiger partial charge in [0.15, 0.2) is 0 Å². The SMILES string of the molecule is CC(C)(C)OC(=O)CN1CCN(CC(=O)NCCOCCOCCOCCOCCOCCOCCOCCOCCOCCOCCOCCOCCOCCOCCOCCOCCOCCOCCOCCOCCOCCOCCOCCNC(=O)CCN2C(=O)C=CC2=O)CCN(CC(=O)OC(C)(C)C)CCN(CC(=O)OC(C)(C)C)CC1. The third-order valence-electron chi connectivity index (χ3n) is 16.4. The molecular weight excluding hydrogens is 1620 g/mol. The van der Waals surface area contributed by atoms with E-state index in [9.17, 15) is 33.6 Å². The van der Waals surface area contributed by atoms with Crippen LogP contribution in [0.1, 0.15) is 68.7 Å². The Hall–Kier alpha value is -4.85. The number of imide groups is 1. The van der Waals surface area contributed by atoms with Gasteiger partial charge in [0.25, 0.3) is 11.8 Å². The van der Waals surface area contributed by atoms with Crippen LogP contribution in [-0.4, -0.2) is 485 Å². The molecule has 4 amide bonds. The van der Waals surface area contributed by atoms with Gasteiger partial charge in [0.2, 0.25) is 11.8 Å². The highest BCUT2D eigenvalue weighted by molar-refractivity contribution is 6.13. The van der Waals surface area contributed by atoms with Crippen molar-refractivity contribution in [3.63, 3.8) is 0 Å². The molecule has 0 radical (unpaired) electrons. The molecule has 2 rings (SSSR count). The monoisotopic (exact) mass is 1780 g/mol. The fraction of sp³-hybridized carbons (Fsp3) is 0.892. The molecule has 0 aromatic carbocycles. The van der Waals surface area contributed by atoms with Gasteiger partial charge in [-0.2, -0.15) is 0 Å². The molecule has 0 aromatic rings. The van der Waals surface area contributed by atoms with Crippen LogP contribution in [-0.2, 0) is 157 Å². The van der Waals surface area contributed by atoms with Crippen LogP contribution in [0.2, 0.25) is 0 Å². The molecule has 0 saturated carbocycles. The summed E-state index contributed by atoms with van der Waals surface area (Å²) in [5.41, 5.74) is -1.98. The lowest BCUT2D eigenvalue weighted by molar-refractivity contribution is -0.158. The molecule has 0 aliphatic carbocycles. The van der Waals surface area contributed by atoms with Gasteiger partial charge >= 0.3 is 17.9 Å². The zero-order chi connectivity index (χ0) is 89.5. The van der Waals surface area contributed by atoms with Crippen LogP contribution in [0.25, 0.3) is 0 Å². The van der Waals surface area contributed by atoms with Gasteiger partial charge in [0.05, 0.1) is 330 Å². The summed E-state index contributed by atoms with van der Waals surface area (Å²) in [5, 5.41) is 5.62. The van der Waals surface area contributed by atoms with Gasteiger partial charge in [0, 0.05) is 90.6 Å². The molecule has 0 atom stereocenters. The minimum atomic E-state index is -0.663. The zero-order valence-corrected chi connectivity index (χ0v) is 75.7. The van der Waals surface area contributed by atoms with Crippen LogP contribution in [0.4, 0.5) is 0 Å². The van der Waals surface area contributed by atoms with Crippen LogP contribution >= 0.6 is 0 Å². The maximum Gasteiger partial charge on any atom is 0.320 e. The first-order valence-electron chi connectivity index (χ1n) is 43.4. The maximum atomic E-state index is 13.3. The molecule has 2 aliphatic heterocycles. The Morgan fingerprint density at radius 2 is 0.398 bits per heavy atom. The molecule has 0 unspecified atom stereocenters. The Morgan fingerprint density at radius 3 is 0.569 bits per heavy atom. The largest absolute Gasteiger partial charge is 0.459 e. The van der Waals surface area contributed by atoms with Crippen molar-refractivity contribution in [2.24, 2.45) is 0 Å². The number of hydrogen-bond acceptors (Lipinski definition) is 37. The molecule has 2 aliphatic rings. The Morgan fingerprint density at radius 1 is 0.244 bits per heavy atom. The second kappa shape index (κ2) is 79.3. The van der Waals surface area contributed by atoms with E-state index in [1.807, 2.05) is 81.9 Å². The van der Waals surface area contributed by atoms with Crippen molar-refractivity contribution >= 4 is 41.5 Å². The van der Waals surface area contributed by atoms with E-state index < -0.39 is 28.6 Å². The Bertz CT molecular complexity index is 2530. The van der Waals surface area contributed by atoms with E-state index in [4.69, 9.17) is 123 Å². The fourth-order valence-electron chi connectivity index (χ4n) is 10.6. The lowest BCUT2D eigenvalue weighted by atomic mass is 10.2. The molecule has 2 N–H and O–H groups in total. The lowest BCUT2D eigenvalue weighted by Crippen LogP contribution is -2.50. The van der Waals surface area contributed by atoms with Gasteiger partial charge in [0.1, 0.15) is 16.8 Å². The third kappa shape index (κ3) is 79.1. The van der Waals surface area contributed by atoms with E-state index in [0.717, 1.165) is 4.90 Å². The van der Waals surface area contributed by atoms with Crippen molar-refractivity contribution in [2.75, 3.05) is 402 Å². The topological polar surface area (TPSA) is 400 Å². The highest BCUT2D eigenvalue weighted by Crippen LogP contribution is 2.13. The summed E-state index contributed by atoms with van der Waals surface area (Å²) in [7, 11) is 0. The van der Waals surface area contributed by atoms with E-state index in [1.54, 1.807) is 0 Å². The number of hydrogen-bond donors (Lipinski definition) is 2. The van der Waals surface area contributed by atoms with E-state index >= 15 is 0 Å². The van der Waals surface area contributed by atoms with Crippen molar-refractivity contribution in [1.29, 1.82) is 0 Å². The molecule has 720 valence electrons. The molecule has 2 heterocycles. The standard InChI is InChI=1S/C83H155N7O33/c1-81(2,3)121-78(95)71-87-18-16-86(17-19-88(72-79(96)122-82(4,5)6)21-23-89(22-20-87)73-80(97)123-83(7,8)9)70-75(92)85-14-25-99-27-29-101-31-33-103-35-37-105-39-41-107-43-45-109-47-49-111-51-53-113-55-57-115-59-61-117-63-65-119-67-69-120-68-66-118-64-62-116-60-58-114-56-54-112-52-50-110-48-46-108-44-42-106-40-38-104-36-34-102-32-30-100-28-26-98-24-13-84-74(91)12-15-90-76(93)10-11-77(90)94/h10-11H,12-73H2,1-9H3,(H,84,91)(H,85,92). The molecule has 0 bridgehead atoms. The number of nitrogens with zero attached hydrogens (tertiary/aromatic N) is 5. The average molecular weight is 1780 g/mol. The van der Waals surface area contributed by atoms with Crippen molar-refractivity contribution < 1.29 is 157 Å². The second-order valence-electron chi connectivity index (χ2n) is 30.6. The van der Waals surface area contributed by atoms with Crippen LogP contribution in [0.5, 0.6) is 0 Å². The predicted molar refractivity (Wildman–Crippen MR) is 449 cm³/mol. The summed E-state index contributed by atoms with van der Waals surface area (Å²) in [6.07, 6.45) is 2.42. The second-order valence-corrected chi connectivity index (χ2v) is 30.6. The van der Waals surface area contributed by atoms with Crippen molar-refractivity contribution in [1.82, 2.24) is 35.1 Å². The first kappa shape index (κ1) is 114. The minimum absolute atomic E-state index is 0.0357. The molecular formula is C83H155N7O33. The van der Waals surface area contributed by atoms with Crippen molar-refractivity contribution in [3.8, 4) is 0 Å². The van der Waals surface area contributed by atoms with E-state index in [0.29, 0.717) is 369 Å². The highest BCUT2D eigenvalue weighted by Gasteiger charge is 2.28. The van der Waals surface area contributed by atoms with Crippen LogP contribution < -0.4 is 10.6 Å². The van der Waals surface area contributed by atoms with Crippen LogP contribution in [0, 0.1) is 0 Å². The number of nitrogens with one attached hydrogen (secondary N) is 2. The Balaban J connectivity index is 1.24. The van der Waals surface area contributed by atoms with Gasteiger partial charge in [-0.05, 0) is 62.3 Å². The Kier molecular flexibility index (Phi) is 73.7. The molecule has 0 aromatic heterocycles. The van der Waals surface area contributed by atoms with Gasteiger partial charge < -0.3 is 134 Å². The normalized spacial score (nSPS) is 14.5. The summed E-state index contributed by atoms with van der Waals surface area (Å²) in [4.78, 5) is 96.3. The van der Waals surface area contributed by atoms with Gasteiger partial charge in [-0.3, -0.25) is 58.1 Å². The number of rotatable bonds is 83. The number of carbonyl (C=O) groups excluding carboxylic acids is 7. The molecule has 40 heteroatoms. The van der Waals surface area contributed by atoms with E-state index in [-0.39, 0.29) is 68.9 Å². The molecule has 123 heavy (non-hydrogen) atoms. The number of carbonyl (C=O) groups is 7. The molecule has 0 spiro atoms. The first-order chi connectivity index (χ1) is 59.5. The van der Waals surface area contributed by atoms with Crippen molar-refractivity contribution in [2.45, 2.75) is 85.5 Å². The molecule has 40 nitrogen and oxygen atoms in total. The molecule has 1 saturated heterocycles. The number of esters is 3.